The van der Waals surface area contributed by atoms with Crippen molar-refractivity contribution in [1.82, 2.24) is 10.2 Å². The van der Waals surface area contributed by atoms with E-state index >= 15 is 0 Å². The van der Waals surface area contributed by atoms with Crippen LogP contribution in [0.3, 0.4) is 0 Å². The van der Waals surface area contributed by atoms with Crippen molar-refractivity contribution in [1.29, 1.82) is 0 Å². The third kappa shape index (κ3) is 8.24. The maximum absolute atomic E-state index is 11.5. The van der Waals surface area contributed by atoms with Crippen molar-refractivity contribution in [3.63, 3.8) is 0 Å². The van der Waals surface area contributed by atoms with Crippen LogP contribution in [0.25, 0.3) is 0 Å². The number of nitrogens with one attached hydrogen (secondary N) is 1. The lowest BCUT2D eigenvalue weighted by molar-refractivity contribution is -0.119. The Labute approximate surface area is 102 Å². The molecule has 0 saturated carbocycles. The van der Waals surface area contributed by atoms with E-state index < -0.39 is 23.6 Å². The highest BCUT2D eigenvalue weighted by atomic mass is 16.6. The number of carbonyl (C=O) groups is 2. The highest BCUT2D eigenvalue weighted by Gasteiger charge is 2.20. The molecule has 0 aliphatic rings. The zero-order valence-electron chi connectivity index (χ0n) is 11.3. The lowest BCUT2D eigenvalue weighted by Gasteiger charge is -2.20. The summed E-state index contributed by atoms with van der Waals surface area (Å²) in [7, 11) is 3.51. The molecule has 0 aromatic carbocycles. The molecule has 0 aliphatic heterocycles. The Morgan fingerprint density at radius 3 is 2.29 bits per heavy atom. The first kappa shape index (κ1) is 15.4. The number of aliphatic imine (C=N–C) groups is 1. The van der Waals surface area contributed by atoms with Crippen molar-refractivity contribution < 1.29 is 14.3 Å². The number of amides is 2. The topological polar surface area (TPSA) is 71.0 Å². The van der Waals surface area contributed by atoms with Crippen molar-refractivity contribution >= 4 is 18.3 Å². The summed E-state index contributed by atoms with van der Waals surface area (Å²) in [6.45, 7) is 6.81. The van der Waals surface area contributed by atoms with Crippen LogP contribution in [0.2, 0.25) is 0 Å². The van der Waals surface area contributed by atoms with Crippen LogP contribution in [0.5, 0.6) is 0 Å². The van der Waals surface area contributed by atoms with Crippen LogP contribution in [0.15, 0.2) is 4.99 Å². The molecule has 0 radical (unpaired) electrons. The Morgan fingerprint density at radius 1 is 1.35 bits per heavy atom. The van der Waals surface area contributed by atoms with Gasteiger partial charge in [-0.05, 0) is 27.7 Å². The second kappa shape index (κ2) is 6.22. The first-order valence-electron chi connectivity index (χ1n) is 5.36. The highest BCUT2D eigenvalue weighted by molar-refractivity contribution is 5.90. The van der Waals surface area contributed by atoms with Crippen molar-refractivity contribution in [2.75, 3.05) is 14.1 Å². The summed E-state index contributed by atoms with van der Waals surface area (Å²) in [5.74, 6) is -0.426. The van der Waals surface area contributed by atoms with Gasteiger partial charge in [-0.1, -0.05) is 0 Å². The van der Waals surface area contributed by atoms with E-state index in [0.717, 1.165) is 0 Å². The lowest BCUT2D eigenvalue weighted by Crippen LogP contribution is -2.41. The fraction of sp³-hybridized carbons (Fsp3) is 0.727. The molecular formula is C11H21N3O3. The molecule has 0 fully saturated rings. The molecule has 0 heterocycles. The fourth-order valence-electron chi connectivity index (χ4n) is 0.830. The predicted molar refractivity (Wildman–Crippen MR) is 66.0 cm³/mol. The summed E-state index contributed by atoms with van der Waals surface area (Å²) in [5.41, 5.74) is -0.584. The van der Waals surface area contributed by atoms with Crippen LogP contribution in [-0.4, -0.2) is 49.0 Å². The molecule has 2 amide bonds. The average molecular weight is 243 g/mol. The van der Waals surface area contributed by atoms with Gasteiger partial charge in [0, 0.05) is 14.1 Å². The number of hydrogen-bond donors (Lipinski definition) is 1. The maximum atomic E-state index is 11.5. The Kier molecular flexibility index (Phi) is 5.64. The molecule has 0 bridgehead atoms. The van der Waals surface area contributed by atoms with Gasteiger partial charge in [0.15, 0.2) is 0 Å². The molecule has 0 unspecified atom stereocenters. The smallest absolute Gasteiger partial charge is 0.408 e. The molecule has 6 nitrogen and oxygen atoms in total. The molecule has 0 aromatic rings. The Hall–Kier alpha value is -1.59. The second-order valence-corrected chi connectivity index (χ2v) is 4.91. The molecule has 6 heteroatoms. The van der Waals surface area contributed by atoms with Gasteiger partial charge in [-0.3, -0.25) is 4.79 Å². The second-order valence-electron chi connectivity index (χ2n) is 4.91. The first-order valence-corrected chi connectivity index (χ1v) is 5.36. The summed E-state index contributed by atoms with van der Waals surface area (Å²) >= 11 is 0. The van der Waals surface area contributed by atoms with Gasteiger partial charge in [-0.25, -0.2) is 9.79 Å². The van der Waals surface area contributed by atoms with Crippen LogP contribution < -0.4 is 5.32 Å². The quantitative estimate of drug-likeness (QED) is 0.593. The first-order chi connectivity index (χ1) is 7.61. The van der Waals surface area contributed by atoms with E-state index in [1.807, 2.05) is 0 Å². The monoisotopic (exact) mass is 243 g/mol. The third-order valence-corrected chi connectivity index (χ3v) is 1.52. The van der Waals surface area contributed by atoms with Gasteiger partial charge in [0.1, 0.15) is 11.6 Å². The summed E-state index contributed by atoms with van der Waals surface area (Å²) in [6.07, 6.45) is 0.758. The molecule has 1 N–H and O–H groups in total. The molecule has 0 spiro atoms. The number of nitrogens with zero attached hydrogens (tertiary/aromatic N) is 2. The van der Waals surface area contributed by atoms with Crippen molar-refractivity contribution in [3.8, 4) is 0 Å². The molecule has 0 aromatic heterocycles. The van der Waals surface area contributed by atoms with Crippen molar-refractivity contribution in [2.24, 2.45) is 4.99 Å². The van der Waals surface area contributed by atoms with Crippen molar-refractivity contribution in [2.45, 2.75) is 39.3 Å². The molecular weight excluding hydrogens is 222 g/mol. The summed E-state index contributed by atoms with van der Waals surface area (Å²) in [6, 6.07) is -0.707. The number of alkyl carbamates (subject to hydrolysis) is 1. The normalized spacial score (nSPS) is 13.3. The van der Waals surface area contributed by atoms with Gasteiger partial charge >= 0.3 is 6.09 Å². The van der Waals surface area contributed by atoms with E-state index in [1.165, 1.54) is 6.34 Å². The minimum atomic E-state index is -0.707. The fourth-order valence-corrected chi connectivity index (χ4v) is 0.830. The molecule has 1 atom stereocenters. The van der Waals surface area contributed by atoms with Crippen LogP contribution in [-0.2, 0) is 9.53 Å². The minimum Gasteiger partial charge on any atom is -0.444 e. The van der Waals surface area contributed by atoms with Crippen LogP contribution in [0.4, 0.5) is 4.79 Å². The summed E-state index contributed by atoms with van der Waals surface area (Å²) < 4.78 is 5.02. The van der Waals surface area contributed by atoms with E-state index in [1.54, 1.807) is 46.7 Å². The number of ether oxygens (including phenoxy) is 1. The number of hydrogen-bond acceptors (Lipinski definition) is 3. The minimum absolute atomic E-state index is 0.426. The lowest BCUT2D eigenvalue weighted by atomic mass is 10.2. The zero-order valence-corrected chi connectivity index (χ0v) is 11.3. The third-order valence-electron chi connectivity index (χ3n) is 1.52. The predicted octanol–water partition coefficient (Wildman–Crippen LogP) is 1.02. The molecule has 0 rings (SSSR count). The van der Waals surface area contributed by atoms with Gasteiger partial charge < -0.3 is 15.0 Å². The Morgan fingerprint density at radius 2 is 1.88 bits per heavy atom. The van der Waals surface area contributed by atoms with Gasteiger partial charge in [0.2, 0.25) is 0 Å². The zero-order chi connectivity index (χ0) is 13.6. The van der Waals surface area contributed by atoms with Crippen LogP contribution in [0.1, 0.15) is 27.7 Å². The molecule has 0 saturated heterocycles. The van der Waals surface area contributed by atoms with E-state index in [9.17, 15) is 9.59 Å². The van der Waals surface area contributed by atoms with Gasteiger partial charge in [0.05, 0.1) is 6.34 Å². The molecule has 0 aliphatic carbocycles. The van der Waals surface area contributed by atoms with E-state index in [4.69, 9.17) is 4.74 Å². The van der Waals surface area contributed by atoms with Gasteiger partial charge in [-0.2, -0.15) is 0 Å². The van der Waals surface area contributed by atoms with Gasteiger partial charge in [-0.15, -0.1) is 0 Å². The van der Waals surface area contributed by atoms with E-state index in [-0.39, 0.29) is 0 Å². The summed E-state index contributed by atoms with van der Waals surface area (Å²) in [4.78, 5) is 28.1. The van der Waals surface area contributed by atoms with E-state index in [2.05, 4.69) is 10.3 Å². The molecule has 17 heavy (non-hydrogen) atoms. The maximum Gasteiger partial charge on any atom is 0.408 e. The van der Waals surface area contributed by atoms with Crippen LogP contribution in [0, 0.1) is 0 Å². The Balaban J connectivity index is 4.21. The SMILES string of the molecule is C[C@H](NC(=O)OC(C)(C)C)C(=O)/N=C/N(C)C. The average Bonchev–Trinajstić information content (AvgIpc) is 2.10. The van der Waals surface area contributed by atoms with Crippen molar-refractivity contribution in [3.05, 3.63) is 0 Å². The highest BCUT2D eigenvalue weighted by Crippen LogP contribution is 2.06. The standard InChI is InChI=1S/C11H21N3O3/c1-8(9(15)12-7-14(5)6)13-10(16)17-11(2,3)4/h7-8H,1-6H3,(H,13,16)/b12-7+/t8-/m0/s1. The molecule has 98 valence electrons. The number of rotatable bonds is 3. The summed E-state index contributed by atoms with van der Waals surface area (Å²) in [5, 5.41) is 2.42. The Bertz CT molecular complexity index is 306. The number of carbonyl (C=O) groups excluding carboxylic acids is 2. The van der Waals surface area contributed by atoms with Crippen LogP contribution >= 0.6 is 0 Å². The van der Waals surface area contributed by atoms with Gasteiger partial charge in [0.25, 0.3) is 5.91 Å². The van der Waals surface area contributed by atoms with E-state index in [0.29, 0.717) is 0 Å². The largest absolute Gasteiger partial charge is 0.444 e.